The Labute approximate surface area is 76.2 Å². The van der Waals surface area contributed by atoms with E-state index in [4.69, 9.17) is 4.74 Å². The van der Waals surface area contributed by atoms with E-state index in [0.717, 1.165) is 15.6 Å². The highest BCUT2D eigenvalue weighted by Gasteiger charge is 2.08. The zero-order chi connectivity index (χ0) is 9.14. The van der Waals surface area contributed by atoms with Crippen LogP contribution in [-0.2, 0) is 4.74 Å². The van der Waals surface area contributed by atoms with Crippen LogP contribution in [0.2, 0.25) is 0 Å². The third-order valence-electron chi connectivity index (χ3n) is 1.45. The van der Waals surface area contributed by atoms with E-state index in [0.29, 0.717) is 5.76 Å². The number of nitrogens with zero attached hydrogens (tertiary/aromatic N) is 1. The summed E-state index contributed by atoms with van der Waals surface area (Å²) in [4.78, 5) is 5.22. The molecule has 2 nitrogen and oxygen atoms in total. The Balaban J connectivity index is 3.12. The topological polar surface area (TPSA) is 22.1 Å². The number of hydrogen-bond acceptors (Lipinski definition) is 3. The van der Waals surface area contributed by atoms with E-state index >= 15 is 0 Å². The number of rotatable bonds is 3. The van der Waals surface area contributed by atoms with Gasteiger partial charge in [0.2, 0.25) is 0 Å². The molecule has 0 fully saturated rings. The standard InChI is InChI=1S/C9H11NOS/c1-5-8-9(6(2)11-4)12-7(3)10-8/h5H,1-2H2,3-4H3. The summed E-state index contributed by atoms with van der Waals surface area (Å²) < 4.78 is 5.02. The highest BCUT2D eigenvalue weighted by atomic mass is 32.1. The number of ether oxygens (including phenoxy) is 1. The van der Waals surface area contributed by atoms with E-state index in [-0.39, 0.29) is 0 Å². The summed E-state index contributed by atoms with van der Waals surface area (Å²) in [6.45, 7) is 9.38. The number of aryl methyl sites for hydroxylation is 1. The zero-order valence-electron chi connectivity index (χ0n) is 7.26. The van der Waals surface area contributed by atoms with Gasteiger partial charge in [-0.15, -0.1) is 11.3 Å². The molecule has 0 aliphatic rings. The fourth-order valence-corrected chi connectivity index (χ4v) is 1.74. The van der Waals surface area contributed by atoms with Crippen LogP contribution >= 0.6 is 11.3 Å². The summed E-state index contributed by atoms with van der Waals surface area (Å²) in [7, 11) is 1.60. The SMILES string of the molecule is C=Cc1nc(C)sc1C(=C)OC. The normalized spacial score (nSPS) is 9.50. The first-order valence-corrected chi connectivity index (χ1v) is 4.33. The molecule has 64 valence electrons. The van der Waals surface area contributed by atoms with Crippen molar-refractivity contribution >= 4 is 23.2 Å². The molecule has 3 heteroatoms. The lowest BCUT2D eigenvalue weighted by Gasteiger charge is -1.99. The van der Waals surface area contributed by atoms with Crippen molar-refractivity contribution in [3.8, 4) is 0 Å². The van der Waals surface area contributed by atoms with Gasteiger partial charge in [-0.2, -0.15) is 0 Å². The van der Waals surface area contributed by atoms with Crippen LogP contribution in [0.4, 0.5) is 0 Å². The van der Waals surface area contributed by atoms with E-state index in [1.165, 1.54) is 0 Å². The van der Waals surface area contributed by atoms with Crippen molar-refractivity contribution in [2.45, 2.75) is 6.92 Å². The van der Waals surface area contributed by atoms with E-state index in [9.17, 15) is 0 Å². The van der Waals surface area contributed by atoms with Crippen LogP contribution < -0.4 is 0 Å². The maximum Gasteiger partial charge on any atom is 0.131 e. The maximum atomic E-state index is 5.02. The average molecular weight is 181 g/mol. The van der Waals surface area contributed by atoms with Gasteiger partial charge in [-0.3, -0.25) is 0 Å². The largest absolute Gasteiger partial charge is 0.496 e. The number of aromatic nitrogens is 1. The lowest BCUT2D eigenvalue weighted by atomic mass is 10.3. The molecule has 0 N–H and O–H groups in total. The summed E-state index contributed by atoms with van der Waals surface area (Å²) >= 11 is 1.56. The summed E-state index contributed by atoms with van der Waals surface area (Å²) in [5.41, 5.74) is 0.851. The molecule has 0 saturated carbocycles. The van der Waals surface area contributed by atoms with Gasteiger partial charge in [-0.1, -0.05) is 13.2 Å². The van der Waals surface area contributed by atoms with Gasteiger partial charge in [0.05, 0.1) is 22.7 Å². The number of thiazole rings is 1. The van der Waals surface area contributed by atoms with Crippen molar-refractivity contribution < 1.29 is 4.74 Å². The van der Waals surface area contributed by atoms with Crippen molar-refractivity contribution in [2.24, 2.45) is 0 Å². The molecule has 0 unspecified atom stereocenters. The first-order valence-electron chi connectivity index (χ1n) is 3.52. The van der Waals surface area contributed by atoms with Crippen molar-refractivity contribution in [3.63, 3.8) is 0 Å². The highest BCUT2D eigenvalue weighted by Crippen LogP contribution is 2.25. The summed E-state index contributed by atoms with van der Waals surface area (Å²) in [6, 6.07) is 0. The molecule has 1 aromatic rings. The Kier molecular flexibility index (Phi) is 2.65. The molecule has 0 bridgehead atoms. The molecule has 1 aromatic heterocycles. The minimum atomic E-state index is 0.649. The minimum Gasteiger partial charge on any atom is -0.496 e. The fourth-order valence-electron chi connectivity index (χ4n) is 0.874. The van der Waals surface area contributed by atoms with E-state index in [1.807, 2.05) is 6.92 Å². The second kappa shape index (κ2) is 3.54. The van der Waals surface area contributed by atoms with Crippen molar-refractivity contribution in [3.05, 3.63) is 28.7 Å². The van der Waals surface area contributed by atoms with Crippen LogP contribution in [0.3, 0.4) is 0 Å². The van der Waals surface area contributed by atoms with Gasteiger partial charge >= 0.3 is 0 Å². The van der Waals surface area contributed by atoms with Gasteiger partial charge in [0.1, 0.15) is 5.76 Å². The van der Waals surface area contributed by atoms with Crippen LogP contribution in [0.15, 0.2) is 13.2 Å². The first-order chi connectivity index (χ1) is 5.69. The van der Waals surface area contributed by atoms with E-state index < -0.39 is 0 Å². The average Bonchev–Trinajstić information content (AvgIpc) is 2.45. The van der Waals surface area contributed by atoms with Gasteiger partial charge in [0.15, 0.2) is 0 Å². The highest BCUT2D eigenvalue weighted by molar-refractivity contribution is 7.12. The third-order valence-corrected chi connectivity index (χ3v) is 2.48. The van der Waals surface area contributed by atoms with Crippen LogP contribution in [0.25, 0.3) is 11.8 Å². The lowest BCUT2D eigenvalue weighted by Crippen LogP contribution is -1.84. The van der Waals surface area contributed by atoms with E-state index in [1.54, 1.807) is 24.5 Å². The predicted octanol–water partition coefficient (Wildman–Crippen LogP) is 2.71. The minimum absolute atomic E-state index is 0.649. The first kappa shape index (κ1) is 9.00. The van der Waals surface area contributed by atoms with Crippen LogP contribution in [0.1, 0.15) is 15.6 Å². The molecule has 0 atom stereocenters. The van der Waals surface area contributed by atoms with Crippen LogP contribution in [-0.4, -0.2) is 12.1 Å². The summed E-state index contributed by atoms with van der Waals surface area (Å²) in [5, 5.41) is 0.998. The van der Waals surface area contributed by atoms with Crippen molar-refractivity contribution in [2.75, 3.05) is 7.11 Å². The van der Waals surface area contributed by atoms with Gasteiger partial charge in [-0.05, 0) is 13.0 Å². The van der Waals surface area contributed by atoms with Crippen LogP contribution in [0.5, 0.6) is 0 Å². The third kappa shape index (κ3) is 1.56. The molecule has 1 rings (SSSR count). The van der Waals surface area contributed by atoms with Gasteiger partial charge in [0, 0.05) is 0 Å². The van der Waals surface area contributed by atoms with Gasteiger partial charge < -0.3 is 4.74 Å². The molecular formula is C9H11NOS. The zero-order valence-corrected chi connectivity index (χ0v) is 8.07. The molecular weight excluding hydrogens is 170 g/mol. The number of hydrogen-bond donors (Lipinski definition) is 0. The van der Waals surface area contributed by atoms with Crippen molar-refractivity contribution in [1.29, 1.82) is 0 Å². The van der Waals surface area contributed by atoms with Gasteiger partial charge in [0.25, 0.3) is 0 Å². The molecule has 12 heavy (non-hydrogen) atoms. The predicted molar refractivity (Wildman–Crippen MR) is 53.0 cm³/mol. The molecule has 0 aliphatic carbocycles. The quantitative estimate of drug-likeness (QED) is 0.669. The molecule has 0 radical (unpaired) electrons. The second-order valence-electron chi connectivity index (χ2n) is 2.28. The molecule has 0 saturated heterocycles. The molecule has 0 aromatic carbocycles. The monoisotopic (exact) mass is 181 g/mol. The summed E-state index contributed by atoms with van der Waals surface area (Å²) in [5.74, 6) is 0.649. The van der Waals surface area contributed by atoms with E-state index in [2.05, 4.69) is 18.1 Å². The van der Waals surface area contributed by atoms with Crippen molar-refractivity contribution in [1.82, 2.24) is 4.98 Å². The lowest BCUT2D eigenvalue weighted by molar-refractivity contribution is 0.372. The summed E-state index contributed by atoms with van der Waals surface area (Å²) in [6.07, 6.45) is 1.71. The Morgan fingerprint density at radius 2 is 2.33 bits per heavy atom. The molecule has 0 amide bonds. The fraction of sp³-hybridized carbons (Fsp3) is 0.222. The Hall–Kier alpha value is -1.09. The molecule has 1 heterocycles. The second-order valence-corrected chi connectivity index (χ2v) is 3.48. The van der Waals surface area contributed by atoms with Crippen LogP contribution in [0, 0.1) is 6.92 Å². The Morgan fingerprint density at radius 1 is 1.67 bits per heavy atom. The van der Waals surface area contributed by atoms with Gasteiger partial charge in [-0.25, -0.2) is 4.98 Å². The molecule has 0 aliphatic heterocycles. The Bertz CT molecular complexity index is 314. The smallest absolute Gasteiger partial charge is 0.131 e. The maximum absolute atomic E-state index is 5.02. The Morgan fingerprint density at radius 3 is 2.83 bits per heavy atom. The number of methoxy groups -OCH3 is 1. The molecule has 0 spiro atoms.